The first-order chi connectivity index (χ1) is 16.2. The molecule has 4 rings (SSSR count). The first-order valence-corrected chi connectivity index (χ1v) is 10.9. The van der Waals surface area contributed by atoms with Gasteiger partial charge in [-0.05, 0) is 54.3 Å². The van der Waals surface area contributed by atoms with Gasteiger partial charge in [0.05, 0.1) is 6.61 Å². The fourth-order valence-corrected chi connectivity index (χ4v) is 3.44. The number of rotatable bonds is 11. The smallest absolute Gasteiger partial charge is 0.218 e. The van der Waals surface area contributed by atoms with E-state index < -0.39 is 0 Å². The molecule has 7 heteroatoms. The number of aliphatic hydroxyl groups is 1. The lowest BCUT2D eigenvalue weighted by Gasteiger charge is -2.08. The highest BCUT2D eigenvalue weighted by Crippen LogP contribution is 2.16. The number of benzene rings is 2. The van der Waals surface area contributed by atoms with Gasteiger partial charge in [0.25, 0.3) is 0 Å². The molecule has 0 bridgehead atoms. The molecule has 0 saturated carbocycles. The Hall–Kier alpha value is -3.71. The summed E-state index contributed by atoms with van der Waals surface area (Å²) in [6.07, 6.45) is 11.4. The topological polar surface area (TPSA) is 73.3 Å². The molecule has 0 aliphatic heterocycles. The predicted octanol–water partition coefficient (Wildman–Crippen LogP) is 4.93. The monoisotopic (exact) mass is 447 g/mol. The molecule has 0 atom stereocenters. The SMILES string of the molecule is OCCc1nccn1CCCc1ccc(OCc2coc(/C=C/c3ccc(F)cc3)n2)cc1. The number of imidazole rings is 1. The van der Waals surface area contributed by atoms with Crippen LogP contribution in [0, 0.1) is 5.82 Å². The summed E-state index contributed by atoms with van der Waals surface area (Å²) in [6, 6.07) is 14.2. The normalized spacial score (nSPS) is 11.3. The van der Waals surface area contributed by atoms with Crippen LogP contribution in [0.25, 0.3) is 12.2 Å². The summed E-state index contributed by atoms with van der Waals surface area (Å²) in [6.45, 7) is 1.29. The summed E-state index contributed by atoms with van der Waals surface area (Å²) in [5.74, 6) is 1.89. The van der Waals surface area contributed by atoms with Crippen LogP contribution < -0.4 is 4.74 Å². The van der Waals surface area contributed by atoms with Crippen molar-refractivity contribution in [1.82, 2.24) is 14.5 Å². The highest BCUT2D eigenvalue weighted by atomic mass is 19.1. The van der Waals surface area contributed by atoms with E-state index >= 15 is 0 Å². The zero-order chi connectivity index (χ0) is 22.9. The van der Waals surface area contributed by atoms with Crippen LogP contribution in [0.2, 0.25) is 0 Å². The average molecular weight is 448 g/mol. The van der Waals surface area contributed by atoms with Crippen LogP contribution in [0.1, 0.15) is 35.0 Å². The molecule has 2 aromatic heterocycles. The minimum Gasteiger partial charge on any atom is -0.487 e. The maximum absolute atomic E-state index is 13.0. The molecule has 0 aliphatic carbocycles. The van der Waals surface area contributed by atoms with E-state index in [0.717, 1.165) is 36.5 Å². The van der Waals surface area contributed by atoms with Crippen molar-refractivity contribution in [2.24, 2.45) is 0 Å². The first kappa shape index (κ1) is 22.5. The Bertz CT molecular complexity index is 1160. The highest BCUT2D eigenvalue weighted by molar-refractivity contribution is 5.65. The lowest BCUT2D eigenvalue weighted by molar-refractivity contribution is 0.294. The van der Waals surface area contributed by atoms with Crippen molar-refractivity contribution < 1.29 is 18.7 Å². The van der Waals surface area contributed by atoms with Gasteiger partial charge in [0.1, 0.15) is 36.0 Å². The largest absolute Gasteiger partial charge is 0.487 e. The van der Waals surface area contributed by atoms with Crippen LogP contribution in [0.3, 0.4) is 0 Å². The summed E-state index contributed by atoms with van der Waals surface area (Å²) in [4.78, 5) is 8.66. The Morgan fingerprint density at radius 3 is 2.64 bits per heavy atom. The summed E-state index contributed by atoms with van der Waals surface area (Å²) in [5.41, 5.74) is 2.79. The molecule has 170 valence electrons. The van der Waals surface area contributed by atoms with E-state index in [1.54, 1.807) is 30.7 Å². The fraction of sp³-hybridized carbons (Fsp3) is 0.231. The number of hydrogen-bond donors (Lipinski definition) is 1. The van der Waals surface area contributed by atoms with E-state index in [2.05, 4.69) is 26.7 Å². The van der Waals surface area contributed by atoms with Crippen LogP contribution in [-0.2, 0) is 26.0 Å². The van der Waals surface area contributed by atoms with Crippen molar-refractivity contribution >= 4 is 12.2 Å². The van der Waals surface area contributed by atoms with Crippen LogP contribution in [0.15, 0.2) is 71.6 Å². The molecule has 0 radical (unpaired) electrons. The lowest BCUT2D eigenvalue weighted by atomic mass is 10.1. The maximum atomic E-state index is 13.0. The second-order valence-corrected chi connectivity index (χ2v) is 7.61. The molecule has 2 aromatic carbocycles. The number of aliphatic hydroxyl groups excluding tert-OH is 1. The maximum Gasteiger partial charge on any atom is 0.218 e. The summed E-state index contributed by atoms with van der Waals surface area (Å²) in [7, 11) is 0. The zero-order valence-corrected chi connectivity index (χ0v) is 18.2. The molecule has 0 fully saturated rings. The number of ether oxygens (including phenoxy) is 1. The van der Waals surface area contributed by atoms with Gasteiger partial charge in [0.15, 0.2) is 0 Å². The fourth-order valence-electron chi connectivity index (χ4n) is 3.44. The molecule has 0 aliphatic rings. The summed E-state index contributed by atoms with van der Waals surface area (Å²) >= 11 is 0. The lowest BCUT2D eigenvalue weighted by Crippen LogP contribution is -2.06. The van der Waals surface area contributed by atoms with Gasteiger partial charge in [-0.15, -0.1) is 0 Å². The van der Waals surface area contributed by atoms with E-state index in [9.17, 15) is 4.39 Å². The molecule has 1 N–H and O–H groups in total. The van der Waals surface area contributed by atoms with E-state index in [0.29, 0.717) is 24.6 Å². The van der Waals surface area contributed by atoms with Gasteiger partial charge in [0, 0.05) is 31.4 Å². The standard InChI is InChI=1S/C26H26FN3O3/c27-22-8-3-21(4-9-22)7-12-26-29-23(19-33-26)18-32-24-10-5-20(6-11-24)2-1-15-30-16-14-28-25(30)13-17-31/h3-12,14,16,19,31H,1-2,13,15,17-18H2/b12-7+. The quantitative estimate of drug-likeness (QED) is 0.353. The summed E-state index contributed by atoms with van der Waals surface area (Å²) < 4.78 is 26.3. The Balaban J connectivity index is 1.22. The van der Waals surface area contributed by atoms with Crippen LogP contribution in [0.5, 0.6) is 5.75 Å². The van der Waals surface area contributed by atoms with Gasteiger partial charge in [-0.3, -0.25) is 0 Å². The van der Waals surface area contributed by atoms with Crippen molar-refractivity contribution in [3.05, 3.63) is 102 Å². The number of halogens is 1. The third-order valence-corrected chi connectivity index (χ3v) is 5.17. The summed E-state index contributed by atoms with van der Waals surface area (Å²) in [5, 5.41) is 9.10. The Morgan fingerprint density at radius 2 is 1.85 bits per heavy atom. The Labute approximate surface area is 192 Å². The van der Waals surface area contributed by atoms with E-state index in [1.807, 2.05) is 24.4 Å². The van der Waals surface area contributed by atoms with E-state index in [1.165, 1.54) is 17.7 Å². The second kappa shape index (κ2) is 11.2. The minimum absolute atomic E-state index is 0.112. The predicted molar refractivity (Wildman–Crippen MR) is 124 cm³/mol. The first-order valence-electron chi connectivity index (χ1n) is 10.9. The van der Waals surface area contributed by atoms with Crippen molar-refractivity contribution in [3.8, 4) is 5.75 Å². The van der Waals surface area contributed by atoms with Gasteiger partial charge in [-0.1, -0.05) is 24.3 Å². The van der Waals surface area contributed by atoms with Gasteiger partial charge in [-0.2, -0.15) is 0 Å². The van der Waals surface area contributed by atoms with Crippen molar-refractivity contribution in [2.45, 2.75) is 32.4 Å². The Kier molecular flexibility index (Phi) is 7.66. The third-order valence-electron chi connectivity index (χ3n) is 5.17. The van der Waals surface area contributed by atoms with Crippen molar-refractivity contribution in [3.63, 3.8) is 0 Å². The second-order valence-electron chi connectivity index (χ2n) is 7.61. The molecule has 0 amide bonds. The van der Waals surface area contributed by atoms with E-state index in [4.69, 9.17) is 14.3 Å². The minimum atomic E-state index is -0.266. The molecule has 0 saturated heterocycles. The molecule has 4 aromatic rings. The number of nitrogens with zero attached hydrogens (tertiary/aromatic N) is 3. The molecule has 2 heterocycles. The van der Waals surface area contributed by atoms with Crippen LogP contribution >= 0.6 is 0 Å². The number of aryl methyl sites for hydroxylation is 2. The van der Waals surface area contributed by atoms with E-state index in [-0.39, 0.29) is 12.4 Å². The molecule has 33 heavy (non-hydrogen) atoms. The van der Waals surface area contributed by atoms with Gasteiger partial charge in [0.2, 0.25) is 5.89 Å². The van der Waals surface area contributed by atoms with Crippen molar-refractivity contribution in [2.75, 3.05) is 6.61 Å². The van der Waals surface area contributed by atoms with Crippen LogP contribution in [0.4, 0.5) is 4.39 Å². The third kappa shape index (κ3) is 6.63. The highest BCUT2D eigenvalue weighted by Gasteiger charge is 2.04. The average Bonchev–Trinajstić information content (AvgIpc) is 3.48. The molecule has 6 nitrogen and oxygen atoms in total. The molecular formula is C26H26FN3O3. The number of oxazole rings is 1. The van der Waals surface area contributed by atoms with Gasteiger partial charge < -0.3 is 18.8 Å². The van der Waals surface area contributed by atoms with Gasteiger partial charge >= 0.3 is 0 Å². The molecule has 0 spiro atoms. The van der Waals surface area contributed by atoms with Gasteiger partial charge in [-0.25, -0.2) is 14.4 Å². The van der Waals surface area contributed by atoms with Crippen molar-refractivity contribution in [1.29, 1.82) is 0 Å². The number of aromatic nitrogens is 3. The zero-order valence-electron chi connectivity index (χ0n) is 18.2. The van der Waals surface area contributed by atoms with Crippen LogP contribution in [-0.4, -0.2) is 26.2 Å². The number of hydrogen-bond acceptors (Lipinski definition) is 5. The molecule has 0 unspecified atom stereocenters. The Morgan fingerprint density at radius 1 is 1.03 bits per heavy atom. The molecular weight excluding hydrogens is 421 g/mol.